The van der Waals surface area contributed by atoms with Gasteiger partial charge >= 0.3 is 0 Å². The number of nitrogens with zero attached hydrogens (tertiary/aromatic N) is 3. The lowest BCUT2D eigenvalue weighted by Gasteiger charge is -2.28. The normalized spacial score (nSPS) is 22.4. The first-order chi connectivity index (χ1) is 10.1. The molecule has 1 aromatic rings. The van der Waals surface area contributed by atoms with Crippen molar-refractivity contribution in [2.24, 2.45) is 0 Å². The van der Waals surface area contributed by atoms with Crippen molar-refractivity contribution in [2.75, 3.05) is 24.7 Å². The Hall–Kier alpha value is -2.18. The number of aromatic nitrogens is 2. The number of amides is 2. The van der Waals surface area contributed by atoms with Crippen LogP contribution in [-0.2, 0) is 9.59 Å². The summed E-state index contributed by atoms with van der Waals surface area (Å²) >= 11 is 0. The van der Waals surface area contributed by atoms with Crippen LogP contribution in [0.3, 0.4) is 0 Å². The van der Waals surface area contributed by atoms with Gasteiger partial charge in [-0.15, -0.1) is 0 Å². The van der Waals surface area contributed by atoms with E-state index in [1.54, 1.807) is 13.1 Å². The van der Waals surface area contributed by atoms with Gasteiger partial charge in [-0.25, -0.2) is 9.97 Å². The summed E-state index contributed by atoms with van der Waals surface area (Å²) in [6.45, 7) is 0. The smallest absolute Gasteiger partial charge is 0.251 e. The summed E-state index contributed by atoms with van der Waals surface area (Å²) in [4.78, 5) is 33.7. The first kappa shape index (κ1) is 13.8. The van der Waals surface area contributed by atoms with Gasteiger partial charge in [0.1, 0.15) is 23.5 Å². The van der Waals surface area contributed by atoms with Crippen LogP contribution in [0.4, 0.5) is 11.6 Å². The average molecular weight is 289 g/mol. The summed E-state index contributed by atoms with van der Waals surface area (Å²) in [6.07, 6.45) is 3.11. The molecule has 2 fully saturated rings. The molecular formula is C14H19N5O2. The van der Waals surface area contributed by atoms with Crippen molar-refractivity contribution in [1.29, 1.82) is 0 Å². The van der Waals surface area contributed by atoms with Crippen LogP contribution in [0.15, 0.2) is 6.07 Å². The van der Waals surface area contributed by atoms with Crippen LogP contribution < -0.4 is 10.6 Å². The van der Waals surface area contributed by atoms with E-state index < -0.39 is 6.04 Å². The monoisotopic (exact) mass is 289 g/mol. The summed E-state index contributed by atoms with van der Waals surface area (Å²) in [7, 11) is 3.33. The number of carbonyl (C=O) groups excluding carboxylic acids is 2. The molecule has 1 aliphatic heterocycles. The van der Waals surface area contributed by atoms with Crippen molar-refractivity contribution in [3.05, 3.63) is 11.9 Å². The third-order valence-corrected chi connectivity index (χ3v) is 3.91. The molecule has 2 heterocycles. The van der Waals surface area contributed by atoms with E-state index in [4.69, 9.17) is 0 Å². The van der Waals surface area contributed by atoms with Gasteiger partial charge in [0, 0.05) is 32.5 Å². The fourth-order valence-corrected chi connectivity index (χ4v) is 2.42. The fourth-order valence-electron chi connectivity index (χ4n) is 2.42. The van der Waals surface area contributed by atoms with Gasteiger partial charge in [0.15, 0.2) is 0 Å². The van der Waals surface area contributed by atoms with E-state index in [1.807, 2.05) is 0 Å². The third-order valence-electron chi connectivity index (χ3n) is 3.91. The minimum absolute atomic E-state index is 0.129. The van der Waals surface area contributed by atoms with Crippen molar-refractivity contribution in [3.8, 4) is 0 Å². The van der Waals surface area contributed by atoms with Crippen LogP contribution in [0.2, 0.25) is 0 Å². The molecule has 21 heavy (non-hydrogen) atoms. The predicted octanol–water partition coefficient (Wildman–Crippen LogP) is 0.955. The molecular weight excluding hydrogens is 270 g/mol. The highest BCUT2D eigenvalue weighted by molar-refractivity contribution is 6.01. The van der Waals surface area contributed by atoms with Gasteiger partial charge in [-0.1, -0.05) is 0 Å². The first-order valence-electron chi connectivity index (χ1n) is 7.22. The number of nitrogens with one attached hydrogen (secondary N) is 2. The Kier molecular flexibility index (Phi) is 3.48. The number of rotatable bonds is 4. The van der Waals surface area contributed by atoms with Crippen molar-refractivity contribution in [1.82, 2.24) is 14.9 Å². The minimum Gasteiger partial charge on any atom is -0.373 e. The van der Waals surface area contributed by atoms with Crippen molar-refractivity contribution in [3.63, 3.8) is 0 Å². The largest absolute Gasteiger partial charge is 0.373 e. The second-order valence-corrected chi connectivity index (χ2v) is 5.55. The molecule has 1 atom stereocenters. The van der Waals surface area contributed by atoms with Crippen molar-refractivity contribution in [2.45, 2.75) is 37.6 Å². The van der Waals surface area contributed by atoms with E-state index in [0.29, 0.717) is 24.6 Å². The maximum Gasteiger partial charge on any atom is 0.251 e. The zero-order chi connectivity index (χ0) is 15.0. The second kappa shape index (κ2) is 5.31. The standard InChI is InChI=1S/C14H19N5O2/c1-15-10-7-11(18-13(17-10)8-3-4-8)16-9-5-6-12(20)19(2)14(9)21/h7-9H,3-6H2,1-2H3,(H2,15,16,17,18). The van der Waals surface area contributed by atoms with Crippen LogP contribution in [0.25, 0.3) is 0 Å². The van der Waals surface area contributed by atoms with Crippen LogP contribution in [0, 0.1) is 0 Å². The van der Waals surface area contributed by atoms with Crippen molar-refractivity contribution < 1.29 is 9.59 Å². The number of hydrogen-bond acceptors (Lipinski definition) is 6. The van der Waals surface area contributed by atoms with E-state index in [-0.39, 0.29) is 11.8 Å². The highest BCUT2D eigenvalue weighted by atomic mass is 16.2. The zero-order valence-corrected chi connectivity index (χ0v) is 12.2. The minimum atomic E-state index is -0.403. The zero-order valence-electron chi connectivity index (χ0n) is 12.2. The van der Waals surface area contributed by atoms with Gasteiger partial charge in [-0.05, 0) is 19.3 Å². The Morgan fingerprint density at radius 2 is 1.90 bits per heavy atom. The Balaban J connectivity index is 1.79. The van der Waals surface area contributed by atoms with Crippen LogP contribution in [0.1, 0.15) is 37.4 Å². The van der Waals surface area contributed by atoms with E-state index >= 15 is 0 Å². The van der Waals surface area contributed by atoms with Gasteiger partial charge in [0.25, 0.3) is 5.91 Å². The van der Waals surface area contributed by atoms with Crippen LogP contribution in [-0.4, -0.2) is 46.8 Å². The summed E-state index contributed by atoms with van der Waals surface area (Å²) < 4.78 is 0. The molecule has 0 aromatic carbocycles. The Bertz CT molecular complexity index is 585. The molecule has 1 saturated carbocycles. The van der Waals surface area contributed by atoms with Gasteiger partial charge < -0.3 is 10.6 Å². The van der Waals surface area contributed by atoms with Crippen LogP contribution >= 0.6 is 0 Å². The highest BCUT2D eigenvalue weighted by Gasteiger charge is 2.32. The molecule has 1 saturated heterocycles. The number of carbonyl (C=O) groups is 2. The third kappa shape index (κ3) is 2.81. The molecule has 2 N–H and O–H groups in total. The number of likely N-dealkylation sites (N-methyl/N-ethyl adjacent to an activating group) is 1. The lowest BCUT2D eigenvalue weighted by Crippen LogP contribution is -2.48. The number of anilines is 2. The molecule has 7 heteroatoms. The highest BCUT2D eigenvalue weighted by Crippen LogP contribution is 2.38. The van der Waals surface area contributed by atoms with Gasteiger partial charge in [0.05, 0.1) is 0 Å². The summed E-state index contributed by atoms with van der Waals surface area (Å²) in [5, 5.41) is 6.16. The van der Waals surface area contributed by atoms with E-state index in [1.165, 1.54) is 11.9 Å². The predicted molar refractivity (Wildman–Crippen MR) is 78.0 cm³/mol. The molecule has 2 aliphatic rings. The number of likely N-dealkylation sites (tertiary alicyclic amines) is 1. The molecule has 7 nitrogen and oxygen atoms in total. The SMILES string of the molecule is CNc1cc(NC2CCC(=O)N(C)C2=O)nc(C2CC2)n1. The summed E-state index contributed by atoms with van der Waals surface area (Å²) in [5.74, 6) is 2.29. The molecule has 2 amide bonds. The van der Waals surface area contributed by atoms with E-state index in [2.05, 4.69) is 20.6 Å². The molecule has 0 radical (unpaired) electrons. The van der Waals surface area contributed by atoms with Gasteiger partial charge in [-0.2, -0.15) is 0 Å². The Morgan fingerprint density at radius 1 is 1.19 bits per heavy atom. The topological polar surface area (TPSA) is 87.2 Å². The van der Waals surface area contributed by atoms with Crippen molar-refractivity contribution >= 4 is 23.5 Å². The quantitative estimate of drug-likeness (QED) is 0.803. The molecule has 1 aromatic heterocycles. The second-order valence-electron chi connectivity index (χ2n) is 5.55. The Morgan fingerprint density at radius 3 is 2.57 bits per heavy atom. The first-order valence-corrected chi connectivity index (χ1v) is 7.22. The molecule has 112 valence electrons. The maximum absolute atomic E-state index is 12.1. The average Bonchev–Trinajstić information content (AvgIpc) is 3.32. The summed E-state index contributed by atoms with van der Waals surface area (Å²) in [5.41, 5.74) is 0. The van der Waals surface area contributed by atoms with Gasteiger partial charge in [0.2, 0.25) is 5.91 Å². The van der Waals surface area contributed by atoms with E-state index in [9.17, 15) is 9.59 Å². The lowest BCUT2D eigenvalue weighted by molar-refractivity contribution is -0.146. The molecule has 1 aliphatic carbocycles. The van der Waals surface area contributed by atoms with Crippen LogP contribution in [0.5, 0.6) is 0 Å². The fraction of sp³-hybridized carbons (Fsp3) is 0.571. The molecule has 1 unspecified atom stereocenters. The van der Waals surface area contributed by atoms with Gasteiger partial charge in [-0.3, -0.25) is 14.5 Å². The van der Waals surface area contributed by atoms with E-state index in [0.717, 1.165) is 24.5 Å². The Labute approximate surface area is 123 Å². The number of hydrogen-bond donors (Lipinski definition) is 2. The number of piperidine rings is 1. The number of imide groups is 1. The summed E-state index contributed by atoms with van der Waals surface area (Å²) in [6, 6.07) is 1.38. The lowest BCUT2D eigenvalue weighted by atomic mass is 10.0. The maximum atomic E-state index is 12.1. The molecule has 0 bridgehead atoms. The molecule has 0 spiro atoms. The molecule has 3 rings (SSSR count).